The Morgan fingerprint density at radius 3 is 2.31 bits per heavy atom. The number of carbonyl (C=O) groups excluding carboxylic acids is 4. The van der Waals surface area contributed by atoms with Crippen molar-refractivity contribution in [3.63, 3.8) is 0 Å². The molecule has 4 atom stereocenters. The van der Waals surface area contributed by atoms with E-state index in [1.54, 1.807) is 24.3 Å². The highest BCUT2D eigenvalue weighted by atomic mass is 16.5. The van der Waals surface area contributed by atoms with Gasteiger partial charge in [0.15, 0.2) is 6.10 Å². The molecule has 2 aliphatic rings. The summed E-state index contributed by atoms with van der Waals surface area (Å²) < 4.78 is 10.3. The van der Waals surface area contributed by atoms with Gasteiger partial charge >= 0.3 is 5.97 Å². The molecule has 3 rings (SSSR count). The van der Waals surface area contributed by atoms with Gasteiger partial charge in [-0.15, -0.1) is 0 Å². The van der Waals surface area contributed by atoms with Crippen molar-refractivity contribution in [2.45, 2.75) is 38.8 Å². The number of imide groups is 1. The number of carbonyl (C=O) groups is 4. The molecule has 1 aliphatic heterocycles. The van der Waals surface area contributed by atoms with Crippen molar-refractivity contribution in [1.29, 1.82) is 0 Å². The fraction of sp³-hybridized carbons (Fsp3) is 0.429. The van der Waals surface area contributed by atoms with Gasteiger partial charge in [-0.1, -0.05) is 18.2 Å². The standard InChI is InChI=1S/C21H24N2O6/c1-12(23-19(25)16-9-4-5-10-17(16)20(23)26)21(27)29-13(2)18(24)22-14-7-6-8-15(11-14)28-3/h4-8,11-13,16-17H,9-10H2,1-3H3,(H,22,24). The minimum atomic E-state index is -1.10. The molecule has 1 aromatic carbocycles. The third-order valence-electron chi connectivity index (χ3n) is 5.27. The molecule has 0 spiro atoms. The van der Waals surface area contributed by atoms with Gasteiger partial charge in [-0.25, -0.2) is 4.79 Å². The van der Waals surface area contributed by atoms with Gasteiger partial charge in [-0.3, -0.25) is 19.3 Å². The molecule has 0 radical (unpaired) electrons. The van der Waals surface area contributed by atoms with Crippen molar-refractivity contribution in [3.05, 3.63) is 36.4 Å². The molecule has 1 saturated heterocycles. The van der Waals surface area contributed by atoms with E-state index in [0.29, 0.717) is 24.3 Å². The van der Waals surface area contributed by atoms with Crippen LogP contribution in [0.4, 0.5) is 5.69 Å². The number of methoxy groups -OCH3 is 1. The number of likely N-dealkylation sites (tertiary alicyclic amines) is 1. The lowest BCUT2D eigenvalue weighted by atomic mass is 9.85. The topological polar surface area (TPSA) is 102 Å². The molecule has 1 heterocycles. The van der Waals surface area contributed by atoms with Crippen LogP contribution in [0.2, 0.25) is 0 Å². The number of amides is 3. The summed E-state index contributed by atoms with van der Waals surface area (Å²) >= 11 is 0. The van der Waals surface area contributed by atoms with E-state index >= 15 is 0 Å². The minimum absolute atomic E-state index is 0.359. The van der Waals surface area contributed by atoms with E-state index in [9.17, 15) is 19.2 Å². The van der Waals surface area contributed by atoms with Gasteiger partial charge in [-0.2, -0.15) is 0 Å². The molecule has 1 N–H and O–H groups in total. The molecule has 29 heavy (non-hydrogen) atoms. The summed E-state index contributed by atoms with van der Waals surface area (Å²) in [6, 6.07) is 5.67. The SMILES string of the molecule is COc1cccc(NC(=O)C(C)OC(=O)C(C)N2C(=O)C3CC=CCC3C2=O)c1. The zero-order valence-corrected chi connectivity index (χ0v) is 16.6. The van der Waals surface area contributed by atoms with E-state index in [4.69, 9.17) is 9.47 Å². The highest BCUT2D eigenvalue weighted by Crippen LogP contribution is 2.36. The lowest BCUT2D eigenvalue weighted by Gasteiger charge is -2.23. The van der Waals surface area contributed by atoms with Crippen molar-refractivity contribution in [3.8, 4) is 5.75 Å². The van der Waals surface area contributed by atoms with E-state index in [0.717, 1.165) is 4.90 Å². The van der Waals surface area contributed by atoms with Crippen molar-refractivity contribution < 1.29 is 28.7 Å². The number of allylic oxidation sites excluding steroid dienone is 2. The van der Waals surface area contributed by atoms with Crippen LogP contribution in [0, 0.1) is 11.8 Å². The van der Waals surface area contributed by atoms with Crippen molar-refractivity contribution >= 4 is 29.4 Å². The van der Waals surface area contributed by atoms with E-state index in [-0.39, 0.29) is 11.8 Å². The van der Waals surface area contributed by atoms with Crippen LogP contribution in [0.5, 0.6) is 5.75 Å². The molecule has 1 aliphatic carbocycles. The maximum atomic E-state index is 12.6. The molecule has 8 heteroatoms. The largest absolute Gasteiger partial charge is 0.497 e. The van der Waals surface area contributed by atoms with Gasteiger partial charge in [0.25, 0.3) is 5.91 Å². The molecule has 1 fully saturated rings. The fourth-order valence-corrected chi connectivity index (χ4v) is 3.58. The molecule has 8 nitrogen and oxygen atoms in total. The van der Waals surface area contributed by atoms with Crippen LogP contribution in [0.25, 0.3) is 0 Å². The van der Waals surface area contributed by atoms with Crippen molar-refractivity contribution in [1.82, 2.24) is 4.90 Å². The third-order valence-corrected chi connectivity index (χ3v) is 5.27. The Bertz CT molecular complexity index is 838. The normalized spacial score (nSPS) is 22.7. The summed E-state index contributed by atoms with van der Waals surface area (Å²) in [6.45, 7) is 2.87. The number of hydrogen-bond acceptors (Lipinski definition) is 6. The molecular weight excluding hydrogens is 376 g/mol. The van der Waals surface area contributed by atoms with Crippen molar-refractivity contribution in [2.75, 3.05) is 12.4 Å². The van der Waals surface area contributed by atoms with Gasteiger partial charge in [0, 0.05) is 11.8 Å². The number of fused-ring (bicyclic) bond motifs is 1. The van der Waals surface area contributed by atoms with Gasteiger partial charge < -0.3 is 14.8 Å². The van der Waals surface area contributed by atoms with Crippen LogP contribution in [0.15, 0.2) is 36.4 Å². The monoisotopic (exact) mass is 400 g/mol. The second kappa shape index (κ2) is 8.46. The first-order chi connectivity index (χ1) is 13.8. The van der Waals surface area contributed by atoms with Crippen LogP contribution >= 0.6 is 0 Å². The molecule has 0 bridgehead atoms. The predicted molar refractivity (Wildman–Crippen MR) is 104 cm³/mol. The first-order valence-corrected chi connectivity index (χ1v) is 9.50. The van der Waals surface area contributed by atoms with E-state index < -0.39 is 35.9 Å². The molecule has 0 saturated carbocycles. The van der Waals surface area contributed by atoms with Crippen LogP contribution in [0.3, 0.4) is 0 Å². The van der Waals surface area contributed by atoms with E-state index in [1.165, 1.54) is 21.0 Å². The van der Waals surface area contributed by atoms with Gasteiger partial charge in [0.2, 0.25) is 11.8 Å². The van der Waals surface area contributed by atoms with Crippen LogP contribution in [0.1, 0.15) is 26.7 Å². The van der Waals surface area contributed by atoms with Crippen LogP contribution < -0.4 is 10.1 Å². The number of anilines is 1. The molecule has 154 valence electrons. The van der Waals surface area contributed by atoms with Crippen LogP contribution in [-0.4, -0.2) is 47.8 Å². The molecule has 3 amide bonds. The first kappa shape index (κ1) is 20.6. The molecule has 1 aromatic rings. The minimum Gasteiger partial charge on any atom is -0.497 e. The molecule has 4 unspecified atom stereocenters. The molecule has 0 aromatic heterocycles. The first-order valence-electron chi connectivity index (χ1n) is 9.50. The van der Waals surface area contributed by atoms with Crippen molar-refractivity contribution in [2.24, 2.45) is 11.8 Å². The number of nitrogens with zero attached hydrogens (tertiary/aromatic N) is 1. The number of benzene rings is 1. The maximum absolute atomic E-state index is 12.6. The lowest BCUT2D eigenvalue weighted by Crippen LogP contribution is -2.46. The number of nitrogens with one attached hydrogen (secondary N) is 1. The Hall–Kier alpha value is -3.16. The number of ether oxygens (including phenoxy) is 2. The van der Waals surface area contributed by atoms with Crippen LogP contribution in [-0.2, 0) is 23.9 Å². The summed E-state index contributed by atoms with van der Waals surface area (Å²) in [5, 5.41) is 2.64. The Labute approximate surface area is 168 Å². The Morgan fingerprint density at radius 2 is 1.72 bits per heavy atom. The van der Waals surface area contributed by atoms with E-state index in [1.807, 2.05) is 12.2 Å². The second-order valence-corrected chi connectivity index (χ2v) is 7.18. The molecular formula is C21H24N2O6. The number of esters is 1. The lowest BCUT2D eigenvalue weighted by molar-refractivity contribution is -0.163. The van der Waals surface area contributed by atoms with E-state index in [2.05, 4.69) is 5.32 Å². The summed E-state index contributed by atoms with van der Waals surface area (Å²) in [6.07, 6.45) is 3.64. The van der Waals surface area contributed by atoms with Gasteiger partial charge in [-0.05, 0) is 38.8 Å². The predicted octanol–water partition coefficient (Wildman–Crippen LogP) is 1.91. The zero-order valence-electron chi connectivity index (χ0n) is 16.6. The Kier molecular flexibility index (Phi) is 6.00. The van der Waals surface area contributed by atoms with Gasteiger partial charge in [0.1, 0.15) is 11.8 Å². The number of rotatable bonds is 6. The summed E-state index contributed by atoms with van der Waals surface area (Å²) in [4.78, 5) is 51.0. The third kappa shape index (κ3) is 4.16. The average molecular weight is 400 g/mol. The summed E-state index contributed by atoms with van der Waals surface area (Å²) in [7, 11) is 1.51. The highest BCUT2D eigenvalue weighted by molar-refractivity contribution is 6.08. The quantitative estimate of drug-likeness (QED) is 0.445. The summed E-state index contributed by atoms with van der Waals surface area (Å²) in [5.41, 5.74) is 0.492. The Morgan fingerprint density at radius 1 is 1.10 bits per heavy atom. The maximum Gasteiger partial charge on any atom is 0.329 e. The van der Waals surface area contributed by atoms with Gasteiger partial charge in [0.05, 0.1) is 18.9 Å². The fourth-order valence-electron chi connectivity index (χ4n) is 3.58. The smallest absolute Gasteiger partial charge is 0.329 e. The summed E-state index contributed by atoms with van der Waals surface area (Å²) in [5.74, 6) is -2.32. The average Bonchev–Trinajstić information content (AvgIpc) is 2.98. The Balaban J connectivity index is 1.60. The highest BCUT2D eigenvalue weighted by Gasteiger charge is 2.50. The second-order valence-electron chi connectivity index (χ2n) is 7.18. The zero-order chi connectivity index (χ0) is 21.1. The number of hydrogen-bond donors (Lipinski definition) is 1.